The number of hydrogen-bond donors (Lipinski definition) is 1. The van der Waals surface area contributed by atoms with Crippen molar-refractivity contribution in [1.82, 2.24) is 9.88 Å². The summed E-state index contributed by atoms with van der Waals surface area (Å²) in [5.74, 6) is 1.35. The summed E-state index contributed by atoms with van der Waals surface area (Å²) in [6.45, 7) is 3.85. The second-order valence-corrected chi connectivity index (χ2v) is 6.41. The third kappa shape index (κ3) is 4.95. The Hall–Kier alpha value is -1.07. The highest BCUT2D eigenvalue weighted by molar-refractivity contribution is 6.30. The first-order chi connectivity index (χ1) is 10.7. The number of rotatable bonds is 5. The van der Waals surface area contributed by atoms with Gasteiger partial charge in [0.15, 0.2) is 0 Å². The van der Waals surface area contributed by atoms with Crippen LogP contribution in [0, 0.1) is 5.92 Å². The predicted molar refractivity (Wildman–Crippen MR) is 95.9 cm³/mol. The Kier molecular flexibility index (Phi) is 6.90. The molecule has 0 saturated carbocycles. The van der Waals surface area contributed by atoms with E-state index in [1.165, 1.54) is 12.8 Å². The molecule has 1 fully saturated rings. The molecule has 2 aromatic rings. The van der Waals surface area contributed by atoms with Crippen molar-refractivity contribution in [3.8, 4) is 11.5 Å². The maximum absolute atomic E-state index is 6.02. The summed E-state index contributed by atoms with van der Waals surface area (Å²) < 4.78 is 5.61. The van der Waals surface area contributed by atoms with E-state index in [0.717, 1.165) is 49.8 Å². The van der Waals surface area contributed by atoms with Gasteiger partial charge in [-0.15, -0.1) is 12.4 Å². The van der Waals surface area contributed by atoms with E-state index in [4.69, 9.17) is 21.8 Å². The van der Waals surface area contributed by atoms with E-state index < -0.39 is 0 Å². The Labute approximate surface area is 148 Å². The van der Waals surface area contributed by atoms with E-state index in [1.807, 2.05) is 24.3 Å². The fraction of sp³-hybridized carbons (Fsp3) is 0.471. The molecule has 1 aliphatic rings. The number of aromatic nitrogens is 1. The summed E-state index contributed by atoms with van der Waals surface area (Å²) in [5.41, 5.74) is 7.57. The van der Waals surface area contributed by atoms with Crippen LogP contribution in [0.15, 0.2) is 34.9 Å². The summed E-state index contributed by atoms with van der Waals surface area (Å²) in [5, 5.41) is 0.693. The van der Waals surface area contributed by atoms with Gasteiger partial charge in [0.25, 0.3) is 0 Å². The molecule has 1 aliphatic heterocycles. The number of nitrogens with two attached hydrogens (primary N) is 1. The molecule has 0 amide bonds. The van der Waals surface area contributed by atoms with E-state index in [2.05, 4.69) is 9.88 Å². The van der Waals surface area contributed by atoms with E-state index in [1.54, 1.807) is 6.26 Å². The second-order valence-electron chi connectivity index (χ2n) is 5.98. The van der Waals surface area contributed by atoms with E-state index in [-0.39, 0.29) is 12.4 Å². The molecule has 1 saturated heterocycles. The molecule has 2 heterocycles. The predicted octanol–water partition coefficient (Wildman–Crippen LogP) is 3.98. The third-order valence-electron chi connectivity index (χ3n) is 4.19. The van der Waals surface area contributed by atoms with Gasteiger partial charge in [-0.05, 0) is 56.5 Å². The van der Waals surface area contributed by atoms with Gasteiger partial charge in [0, 0.05) is 23.7 Å². The first-order valence-corrected chi connectivity index (χ1v) is 8.25. The summed E-state index contributed by atoms with van der Waals surface area (Å²) in [6, 6.07) is 7.58. The molecule has 3 rings (SSSR count). The molecule has 1 unspecified atom stereocenters. The molecule has 0 bridgehead atoms. The van der Waals surface area contributed by atoms with Crippen LogP contribution in [-0.4, -0.2) is 29.5 Å². The summed E-state index contributed by atoms with van der Waals surface area (Å²) in [7, 11) is 0. The maximum Gasteiger partial charge on any atom is 0.226 e. The molecular formula is C17H23Cl2N3O. The van der Waals surface area contributed by atoms with Crippen molar-refractivity contribution in [3.05, 3.63) is 41.2 Å². The van der Waals surface area contributed by atoms with Gasteiger partial charge >= 0.3 is 0 Å². The fourth-order valence-electron chi connectivity index (χ4n) is 3.13. The van der Waals surface area contributed by atoms with Crippen LogP contribution in [0.3, 0.4) is 0 Å². The molecule has 126 valence electrons. The Morgan fingerprint density at radius 2 is 2.26 bits per heavy atom. The minimum Gasteiger partial charge on any atom is -0.444 e. The van der Waals surface area contributed by atoms with Gasteiger partial charge in [-0.1, -0.05) is 17.7 Å². The largest absolute Gasteiger partial charge is 0.444 e. The summed E-state index contributed by atoms with van der Waals surface area (Å²) >= 11 is 6.02. The van der Waals surface area contributed by atoms with Crippen molar-refractivity contribution in [2.75, 3.05) is 19.6 Å². The molecule has 1 aromatic heterocycles. The quantitative estimate of drug-likeness (QED) is 0.881. The van der Waals surface area contributed by atoms with E-state index >= 15 is 0 Å². The van der Waals surface area contributed by atoms with Gasteiger partial charge < -0.3 is 10.2 Å². The zero-order valence-electron chi connectivity index (χ0n) is 13.1. The normalized spacial score (nSPS) is 18.6. The molecule has 6 heteroatoms. The van der Waals surface area contributed by atoms with Crippen LogP contribution in [0.4, 0.5) is 0 Å². The minimum atomic E-state index is 0. The lowest BCUT2D eigenvalue weighted by atomic mass is 9.95. The standard InChI is InChI=1S/C17H22ClN3O.ClH/c18-15-5-1-4-14(9-15)17-20-16(12-22-17)11-21-8-2-3-13(10-21)6-7-19;/h1,4-5,9,12-13H,2-3,6-8,10-11,19H2;1H. The maximum atomic E-state index is 6.02. The number of halogens is 2. The number of likely N-dealkylation sites (tertiary alicyclic amines) is 1. The number of benzene rings is 1. The van der Waals surface area contributed by atoms with Gasteiger partial charge in [-0.3, -0.25) is 4.90 Å². The van der Waals surface area contributed by atoms with Crippen LogP contribution in [0.25, 0.3) is 11.5 Å². The number of hydrogen-bond acceptors (Lipinski definition) is 4. The van der Waals surface area contributed by atoms with Crippen molar-refractivity contribution in [2.24, 2.45) is 11.7 Å². The van der Waals surface area contributed by atoms with Gasteiger partial charge in [0.2, 0.25) is 5.89 Å². The smallest absolute Gasteiger partial charge is 0.226 e. The third-order valence-corrected chi connectivity index (χ3v) is 4.42. The van der Waals surface area contributed by atoms with Gasteiger partial charge in [-0.25, -0.2) is 4.98 Å². The van der Waals surface area contributed by atoms with Crippen LogP contribution in [0.2, 0.25) is 5.02 Å². The molecule has 0 radical (unpaired) electrons. The molecule has 0 spiro atoms. The lowest BCUT2D eigenvalue weighted by Gasteiger charge is -2.31. The molecule has 0 aliphatic carbocycles. The van der Waals surface area contributed by atoms with Crippen LogP contribution in [-0.2, 0) is 6.54 Å². The molecule has 2 N–H and O–H groups in total. The van der Waals surface area contributed by atoms with Crippen LogP contribution < -0.4 is 5.73 Å². The monoisotopic (exact) mass is 355 g/mol. The number of nitrogens with zero attached hydrogens (tertiary/aromatic N) is 2. The van der Waals surface area contributed by atoms with Crippen molar-refractivity contribution < 1.29 is 4.42 Å². The molecule has 23 heavy (non-hydrogen) atoms. The van der Waals surface area contributed by atoms with E-state index in [0.29, 0.717) is 10.9 Å². The molecular weight excluding hydrogens is 333 g/mol. The van der Waals surface area contributed by atoms with E-state index in [9.17, 15) is 0 Å². The zero-order chi connectivity index (χ0) is 15.4. The lowest BCUT2D eigenvalue weighted by molar-refractivity contribution is 0.161. The number of piperidine rings is 1. The Bertz CT molecular complexity index is 615. The van der Waals surface area contributed by atoms with Crippen LogP contribution >= 0.6 is 24.0 Å². The number of oxazole rings is 1. The van der Waals surface area contributed by atoms with Crippen LogP contribution in [0.5, 0.6) is 0 Å². The highest BCUT2D eigenvalue weighted by Gasteiger charge is 2.20. The average Bonchev–Trinajstić information content (AvgIpc) is 2.96. The zero-order valence-corrected chi connectivity index (χ0v) is 14.7. The topological polar surface area (TPSA) is 55.3 Å². The second kappa shape index (κ2) is 8.69. The molecule has 1 atom stereocenters. The Balaban J connectivity index is 0.00000192. The fourth-order valence-corrected chi connectivity index (χ4v) is 3.32. The highest BCUT2D eigenvalue weighted by Crippen LogP contribution is 2.24. The van der Waals surface area contributed by atoms with Gasteiger partial charge in [0.1, 0.15) is 6.26 Å². The van der Waals surface area contributed by atoms with Gasteiger partial charge in [0.05, 0.1) is 5.69 Å². The minimum absolute atomic E-state index is 0. The molecule has 1 aromatic carbocycles. The first-order valence-electron chi connectivity index (χ1n) is 7.87. The summed E-state index contributed by atoms with van der Waals surface area (Å²) in [6.07, 6.45) is 5.40. The summed E-state index contributed by atoms with van der Waals surface area (Å²) in [4.78, 5) is 7.04. The van der Waals surface area contributed by atoms with Crippen molar-refractivity contribution in [3.63, 3.8) is 0 Å². The van der Waals surface area contributed by atoms with Crippen molar-refractivity contribution >= 4 is 24.0 Å². The van der Waals surface area contributed by atoms with Crippen molar-refractivity contribution in [2.45, 2.75) is 25.8 Å². The molecule has 4 nitrogen and oxygen atoms in total. The van der Waals surface area contributed by atoms with Gasteiger partial charge in [-0.2, -0.15) is 0 Å². The lowest BCUT2D eigenvalue weighted by Crippen LogP contribution is -2.35. The highest BCUT2D eigenvalue weighted by atomic mass is 35.5. The Morgan fingerprint density at radius 1 is 1.39 bits per heavy atom. The van der Waals surface area contributed by atoms with Crippen molar-refractivity contribution in [1.29, 1.82) is 0 Å². The Morgan fingerprint density at radius 3 is 3.04 bits per heavy atom. The average molecular weight is 356 g/mol. The van der Waals surface area contributed by atoms with Crippen LogP contribution in [0.1, 0.15) is 25.0 Å². The SMILES string of the molecule is Cl.NCCC1CCCN(Cc2coc(-c3cccc(Cl)c3)n2)C1. The first kappa shape index (κ1) is 18.3.